The summed E-state index contributed by atoms with van der Waals surface area (Å²) in [6.45, 7) is 3.12. The molecule has 1 aliphatic carbocycles. The number of alkyl halides is 6. The lowest BCUT2D eigenvalue weighted by Gasteiger charge is -2.46. The summed E-state index contributed by atoms with van der Waals surface area (Å²) >= 11 is 0. The summed E-state index contributed by atoms with van der Waals surface area (Å²) in [5, 5.41) is 0. The van der Waals surface area contributed by atoms with Gasteiger partial charge >= 0.3 is 12.4 Å². The van der Waals surface area contributed by atoms with Crippen molar-refractivity contribution in [3.8, 4) is 0 Å². The zero-order chi connectivity index (χ0) is 16.1. The summed E-state index contributed by atoms with van der Waals surface area (Å²) in [6, 6.07) is 0. The van der Waals surface area contributed by atoms with E-state index in [1.54, 1.807) is 18.7 Å². The average Bonchev–Trinajstić information content (AvgIpc) is 3.08. The summed E-state index contributed by atoms with van der Waals surface area (Å²) in [7, 11) is 0. The summed E-state index contributed by atoms with van der Waals surface area (Å²) < 4.78 is 78.7. The Labute approximate surface area is 120 Å². The normalized spacial score (nSPS) is 26.1. The summed E-state index contributed by atoms with van der Waals surface area (Å²) in [5.74, 6) is -0.558. The highest BCUT2D eigenvalue weighted by atomic mass is 19.4. The molecule has 1 aliphatic heterocycles. The standard InChI is InChI=1S/C14H21F6N/c1-10(2)12(14(18,19)20)5-7-21(8-6-12)9-11(3-4-11)13(15,16)17/h10H,3-9H2,1-2H3. The SMILES string of the molecule is CC(C)C1(C(F)(F)F)CCN(CC2(C(F)(F)F)CC2)CC1. The minimum atomic E-state index is -4.30. The predicted octanol–water partition coefficient (Wildman–Crippen LogP) is 4.63. The van der Waals surface area contributed by atoms with E-state index in [4.69, 9.17) is 0 Å². The number of halogens is 6. The first-order valence-corrected chi connectivity index (χ1v) is 7.29. The monoisotopic (exact) mass is 317 g/mol. The van der Waals surface area contributed by atoms with E-state index in [1.165, 1.54) is 0 Å². The lowest BCUT2D eigenvalue weighted by Crippen LogP contribution is -2.52. The Balaban J connectivity index is 2.00. The van der Waals surface area contributed by atoms with Crippen LogP contribution >= 0.6 is 0 Å². The summed E-state index contributed by atoms with van der Waals surface area (Å²) in [4.78, 5) is 1.56. The maximum absolute atomic E-state index is 13.3. The van der Waals surface area contributed by atoms with Crippen LogP contribution < -0.4 is 0 Å². The third kappa shape index (κ3) is 2.90. The van der Waals surface area contributed by atoms with Crippen LogP contribution in [0, 0.1) is 16.7 Å². The molecule has 0 spiro atoms. The van der Waals surface area contributed by atoms with Gasteiger partial charge in [0.05, 0.1) is 10.8 Å². The predicted molar refractivity (Wildman–Crippen MR) is 66.7 cm³/mol. The van der Waals surface area contributed by atoms with Crippen LogP contribution in [-0.2, 0) is 0 Å². The van der Waals surface area contributed by atoms with Gasteiger partial charge in [-0.3, -0.25) is 0 Å². The van der Waals surface area contributed by atoms with Crippen LogP contribution in [-0.4, -0.2) is 36.9 Å². The van der Waals surface area contributed by atoms with Crippen molar-refractivity contribution in [3.63, 3.8) is 0 Å². The number of nitrogens with zero attached hydrogens (tertiary/aromatic N) is 1. The highest BCUT2D eigenvalue weighted by Gasteiger charge is 2.64. The van der Waals surface area contributed by atoms with E-state index in [-0.39, 0.29) is 45.3 Å². The second kappa shape index (κ2) is 5.03. The molecule has 0 N–H and O–H groups in total. The van der Waals surface area contributed by atoms with E-state index in [2.05, 4.69) is 0 Å². The maximum atomic E-state index is 13.3. The molecule has 1 nitrogen and oxygen atoms in total. The van der Waals surface area contributed by atoms with Crippen molar-refractivity contribution >= 4 is 0 Å². The van der Waals surface area contributed by atoms with Crippen molar-refractivity contribution in [2.75, 3.05) is 19.6 Å². The van der Waals surface area contributed by atoms with Crippen LogP contribution in [0.25, 0.3) is 0 Å². The van der Waals surface area contributed by atoms with Crippen molar-refractivity contribution in [2.45, 2.75) is 51.9 Å². The summed E-state index contributed by atoms with van der Waals surface area (Å²) in [6.07, 6.45) is -8.56. The van der Waals surface area contributed by atoms with E-state index in [9.17, 15) is 26.3 Å². The Kier molecular flexibility index (Phi) is 4.05. The van der Waals surface area contributed by atoms with Gasteiger partial charge in [-0.05, 0) is 44.7 Å². The Morgan fingerprint density at radius 2 is 1.33 bits per heavy atom. The van der Waals surface area contributed by atoms with Gasteiger partial charge in [0.25, 0.3) is 0 Å². The lowest BCUT2D eigenvalue weighted by molar-refractivity contribution is -0.256. The van der Waals surface area contributed by atoms with Crippen LogP contribution in [0.3, 0.4) is 0 Å². The number of hydrogen-bond donors (Lipinski definition) is 0. The van der Waals surface area contributed by atoms with Crippen LogP contribution in [0.5, 0.6) is 0 Å². The highest BCUT2D eigenvalue weighted by Crippen LogP contribution is 2.59. The molecule has 0 aromatic carbocycles. The molecule has 0 bridgehead atoms. The molecule has 0 radical (unpaired) electrons. The lowest BCUT2D eigenvalue weighted by atomic mass is 9.69. The molecule has 124 valence electrons. The van der Waals surface area contributed by atoms with Crippen LogP contribution in [0.4, 0.5) is 26.3 Å². The van der Waals surface area contributed by atoms with Crippen molar-refractivity contribution < 1.29 is 26.3 Å². The van der Waals surface area contributed by atoms with Gasteiger partial charge in [-0.25, -0.2) is 0 Å². The maximum Gasteiger partial charge on any atom is 0.395 e. The van der Waals surface area contributed by atoms with Crippen molar-refractivity contribution in [1.82, 2.24) is 4.90 Å². The van der Waals surface area contributed by atoms with Gasteiger partial charge in [0.15, 0.2) is 0 Å². The Morgan fingerprint density at radius 1 is 0.857 bits per heavy atom. The largest absolute Gasteiger partial charge is 0.395 e. The molecule has 2 fully saturated rings. The molecule has 0 amide bonds. The minimum Gasteiger partial charge on any atom is -0.302 e. The minimum absolute atomic E-state index is 0.0928. The number of hydrogen-bond acceptors (Lipinski definition) is 1. The fourth-order valence-electron chi connectivity index (χ4n) is 3.41. The van der Waals surface area contributed by atoms with Gasteiger partial charge in [0.1, 0.15) is 0 Å². The van der Waals surface area contributed by atoms with Crippen molar-refractivity contribution in [3.05, 3.63) is 0 Å². The fraction of sp³-hybridized carbons (Fsp3) is 1.00. The van der Waals surface area contributed by atoms with Crippen molar-refractivity contribution in [1.29, 1.82) is 0 Å². The molecule has 0 atom stereocenters. The molecule has 21 heavy (non-hydrogen) atoms. The molecule has 0 aromatic heterocycles. The summed E-state index contributed by atoms with van der Waals surface area (Å²) in [5.41, 5.74) is -3.42. The van der Waals surface area contributed by atoms with Gasteiger partial charge in [0.2, 0.25) is 0 Å². The average molecular weight is 317 g/mol. The van der Waals surface area contributed by atoms with E-state index in [0.29, 0.717) is 0 Å². The third-order valence-electron chi connectivity index (χ3n) is 5.40. The molecule has 7 heteroatoms. The zero-order valence-corrected chi connectivity index (χ0v) is 12.2. The number of rotatable bonds is 3. The number of likely N-dealkylation sites (tertiary alicyclic amines) is 1. The Hall–Kier alpha value is -0.460. The Bertz CT molecular complexity index is 372. The van der Waals surface area contributed by atoms with Gasteiger partial charge in [-0.2, -0.15) is 26.3 Å². The van der Waals surface area contributed by atoms with Gasteiger partial charge < -0.3 is 4.90 Å². The smallest absolute Gasteiger partial charge is 0.302 e. The van der Waals surface area contributed by atoms with Crippen LogP contribution in [0.15, 0.2) is 0 Å². The molecule has 1 saturated carbocycles. The molecule has 0 unspecified atom stereocenters. The van der Waals surface area contributed by atoms with E-state index in [0.717, 1.165) is 0 Å². The topological polar surface area (TPSA) is 3.24 Å². The molecule has 2 rings (SSSR count). The molecular formula is C14H21F6N. The fourth-order valence-corrected chi connectivity index (χ4v) is 3.41. The first-order valence-electron chi connectivity index (χ1n) is 7.29. The van der Waals surface area contributed by atoms with E-state index >= 15 is 0 Å². The van der Waals surface area contributed by atoms with Crippen LogP contribution in [0.2, 0.25) is 0 Å². The Morgan fingerprint density at radius 3 is 1.62 bits per heavy atom. The zero-order valence-electron chi connectivity index (χ0n) is 12.2. The van der Waals surface area contributed by atoms with Crippen molar-refractivity contribution in [2.24, 2.45) is 16.7 Å². The van der Waals surface area contributed by atoms with Gasteiger partial charge in [-0.15, -0.1) is 0 Å². The molecule has 1 saturated heterocycles. The van der Waals surface area contributed by atoms with Crippen LogP contribution in [0.1, 0.15) is 39.5 Å². The molecule has 1 heterocycles. The number of piperidine rings is 1. The van der Waals surface area contributed by atoms with Gasteiger partial charge in [0, 0.05) is 6.54 Å². The molecule has 0 aromatic rings. The van der Waals surface area contributed by atoms with E-state index < -0.39 is 29.1 Å². The first-order chi connectivity index (χ1) is 9.44. The molecule has 2 aliphatic rings. The molecular weight excluding hydrogens is 296 g/mol. The first kappa shape index (κ1) is 16.9. The van der Waals surface area contributed by atoms with Gasteiger partial charge in [-0.1, -0.05) is 13.8 Å². The quantitative estimate of drug-likeness (QED) is 0.686. The second-order valence-electron chi connectivity index (χ2n) is 6.86. The highest BCUT2D eigenvalue weighted by molar-refractivity contribution is 5.03. The second-order valence-corrected chi connectivity index (χ2v) is 6.86. The third-order valence-corrected chi connectivity index (χ3v) is 5.40. The van der Waals surface area contributed by atoms with E-state index in [1.807, 2.05) is 0 Å².